The lowest BCUT2D eigenvalue weighted by molar-refractivity contribution is -0.387. The molecule has 0 saturated carbocycles. The lowest BCUT2D eigenvalue weighted by atomic mass is 9.92. The Balaban J connectivity index is 2.11. The summed E-state index contributed by atoms with van der Waals surface area (Å²) in [5.74, 6) is 0. The van der Waals surface area contributed by atoms with Crippen LogP contribution < -0.4 is 0 Å². The molecule has 0 aliphatic carbocycles. The van der Waals surface area contributed by atoms with E-state index in [1.807, 2.05) is 0 Å². The first kappa shape index (κ1) is 22.2. The Labute approximate surface area is 171 Å². The van der Waals surface area contributed by atoms with Gasteiger partial charge in [0.2, 0.25) is 0 Å². The van der Waals surface area contributed by atoms with Gasteiger partial charge in [-0.15, -0.1) is 0 Å². The second-order valence-corrected chi connectivity index (χ2v) is 8.63. The van der Waals surface area contributed by atoms with Crippen LogP contribution in [0.25, 0.3) is 0 Å². The van der Waals surface area contributed by atoms with Crippen LogP contribution in [0.2, 0.25) is 0 Å². The van der Waals surface area contributed by atoms with Crippen LogP contribution in [0.1, 0.15) is 42.7 Å². The predicted molar refractivity (Wildman–Crippen MR) is 101 cm³/mol. The predicted octanol–water partition coefficient (Wildman–Crippen LogP) is 4.46. The number of rotatable bonds is 5. The van der Waals surface area contributed by atoms with E-state index in [9.17, 15) is 31.7 Å². The molecule has 0 unspecified atom stereocenters. The van der Waals surface area contributed by atoms with Crippen LogP contribution in [0.4, 0.5) is 18.9 Å². The second-order valence-electron chi connectivity index (χ2n) is 6.77. The first-order chi connectivity index (χ1) is 14.0. The van der Waals surface area contributed by atoms with E-state index in [1.165, 1.54) is 18.2 Å². The van der Waals surface area contributed by atoms with Gasteiger partial charge in [-0.3, -0.25) is 10.1 Å². The zero-order valence-corrected chi connectivity index (χ0v) is 16.9. The molecule has 162 valence electrons. The normalized spacial score (nSPS) is 19.5. The molecular weight excluding hydrogens is 425 g/mol. The van der Waals surface area contributed by atoms with Crippen molar-refractivity contribution in [1.82, 2.24) is 4.31 Å². The number of halogens is 3. The first-order valence-electron chi connectivity index (χ1n) is 9.06. The molecule has 1 heterocycles. The molecule has 7 nitrogen and oxygen atoms in total. The number of hydrogen-bond acceptors (Lipinski definition) is 5. The molecule has 0 fully saturated rings. The highest BCUT2D eigenvalue weighted by Gasteiger charge is 2.40. The van der Waals surface area contributed by atoms with Crippen LogP contribution in [0.5, 0.6) is 0 Å². The molecular formula is C19H19F3N2O5S. The van der Waals surface area contributed by atoms with E-state index in [-0.39, 0.29) is 18.7 Å². The average Bonchev–Trinajstić information content (AvgIpc) is 2.69. The van der Waals surface area contributed by atoms with Crippen molar-refractivity contribution in [2.45, 2.75) is 37.1 Å². The van der Waals surface area contributed by atoms with Gasteiger partial charge in [-0.05, 0) is 36.2 Å². The van der Waals surface area contributed by atoms with E-state index in [1.54, 1.807) is 13.8 Å². The summed E-state index contributed by atoms with van der Waals surface area (Å²) in [6.45, 7) is 2.99. The van der Waals surface area contributed by atoms with E-state index < -0.39 is 49.4 Å². The van der Waals surface area contributed by atoms with Gasteiger partial charge in [0.1, 0.15) is 0 Å². The molecule has 2 aromatic rings. The fourth-order valence-electron chi connectivity index (χ4n) is 3.57. The number of fused-ring (bicyclic) bond motifs is 1. The molecule has 2 atom stereocenters. The highest BCUT2D eigenvalue weighted by Crippen LogP contribution is 2.41. The minimum absolute atomic E-state index is 0.0583. The monoisotopic (exact) mass is 444 g/mol. The minimum atomic E-state index is -4.55. The second kappa shape index (κ2) is 7.97. The molecule has 0 N–H and O–H groups in total. The molecule has 1 aliphatic rings. The Bertz CT molecular complexity index is 1070. The molecule has 0 bridgehead atoms. The van der Waals surface area contributed by atoms with Crippen LogP contribution in [-0.4, -0.2) is 30.8 Å². The highest BCUT2D eigenvalue weighted by molar-refractivity contribution is 7.89. The first-order valence-corrected chi connectivity index (χ1v) is 10.5. The molecule has 3 rings (SSSR count). The van der Waals surface area contributed by atoms with Gasteiger partial charge >= 0.3 is 6.18 Å². The number of ether oxygens (including phenoxy) is 1. The van der Waals surface area contributed by atoms with E-state index >= 15 is 0 Å². The summed E-state index contributed by atoms with van der Waals surface area (Å²) < 4.78 is 72.6. The van der Waals surface area contributed by atoms with Gasteiger partial charge in [0.05, 0.1) is 29.2 Å². The molecule has 0 radical (unpaired) electrons. The van der Waals surface area contributed by atoms with Crippen molar-refractivity contribution < 1.29 is 31.2 Å². The van der Waals surface area contributed by atoms with Crippen molar-refractivity contribution >= 4 is 15.7 Å². The smallest absolute Gasteiger partial charge is 0.372 e. The quantitative estimate of drug-likeness (QED) is 0.502. The Morgan fingerprint density at radius 1 is 1.20 bits per heavy atom. The fraction of sp³-hybridized carbons (Fsp3) is 0.368. The van der Waals surface area contributed by atoms with Gasteiger partial charge in [-0.1, -0.05) is 25.1 Å². The van der Waals surface area contributed by atoms with Crippen LogP contribution in [0, 0.1) is 10.1 Å². The van der Waals surface area contributed by atoms with Crippen molar-refractivity contribution in [3.63, 3.8) is 0 Å². The van der Waals surface area contributed by atoms with E-state index in [0.717, 1.165) is 28.6 Å². The third kappa shape index (κ3) is 3.92. The number of para-hydroxylation sites is 1. The number of nitro benzene ring substituents is 1. The van der Waals surface area contributed by atoms with Crippen molar-refractivity contribution in [3.8, 4) is 0 Å². The van der Waals surface area contributed by atoms with Gasteiger partial charge in [0.15, 0.2) is 4.90 Å². The minimum Gasteiger partial charge on any atom is -0.372 e. The number of hydrogen-bond donors (Lipinski definition) is 0. The largest absolute Gasteiger partial charge is 0.416 e. The molecule has 2 aromatic carbocycles. The number of likely N-dealkylation sites (N-methyl/N-ethyl adjacent to an activating group) is 1. The summed E-state index contributed by atoms with van der Waals surface area (Å²) in [6, 6.07) is 7.13. The lowest BCUT2D eigenvalue weighted by Gasteiger charge is -2.36. The molecule has 30 heavy (non-hydrogen) atoms. The SMILES string of the molecule is CCN([C@@H]1CO[C@H](C)c2cc(C(F)(F)F)ccc21)S(=O)(=O)c1ccccc1[N+](=O)[O-]. The molecule has 1 aliphatic heterocycles. The number of alkyl halides is 3. The highest BCUT2D eigenvalue weighted by atomic mass is 32.2. The van der Waals surface area contributed by atoms with Gasteiger partial charge in [0.25, 0.3) is 15.7 Å². The Kier molecular flexibility index (Phi) is 5.89. The molecule has 0 amide bonds. The molecule has 0 spiro atoms. The average molecular weight is 444 g/mol. The molecule has 0 saturated heterocycles. The standard InChI is InChI=1S/C19H19F3N2O5S/c1-3-23(30(27,28)18-7-5-4-6-16(18)24(25)26)17-11-29-12(2)15-10-13(19(20,21)22)8-9-14(15)17/h4-10,12,17H,3,11H2,1-2H3/t12-,17-/m1/s1. The maximum atomic E-state index is 13.3. The summed E-state index contributed by atoms with van der Waals surface area (Å²) in [7, 11) is -4.34. The fourth-order valence-corrected chi connectivity index (χ4v) is 5.33. The van der Waals surface area contributed by atoms with Gasteiger partial charge < -0.3 is 4.74 Å². The summed E-state index contributed by atoms with van der Waals surface area (Å²) in [5.41, 5.74) is -0.821. The topological polar surface area (TPSA) is 89.8 Å². The number of sulfonamides is 1. The summed E-state index contributed by atoms with van der Waals surface area (Å²) in [4.78, 5) is 10.0. The Morgan fingerprint density at radius 2 is 1.87 bits per heavy atom. The van der Waals surface area contributed by atoms with Crippen LogP contribution in [-0.2, 0) is 20.9 Å². The lowest BCUT2D eigenvalue weighted by Crippen LogP contribution is -2.40. The zero-order chi connectivity index (χ0) is 22.3. The van der Waals surface area contributed by atoms with Gasteiger partial charge in [0, 0.05) is 12.6 Å². The summed E-state index contributed by atoms with van der Waals surface area (Å²) in [5, 5.41) is 11.3. The molecule has 0 aromatic heterocycles. The maximum absolute atomic E-state index is 13.3. The summed E-state index contributed by atoms with van der Waals surface area (Å²) >= 11 is 0. The Hall–Kier alpha value is -2.50. The number of benzene rings is 2. The third-order valence-electron chi connectivity index (χ3n) is 5.02. The van der Waals surface area contributed by atoms with E-state index in [2.05, 4.69) is 0 Å². The van der Waals surface area contributed by atoms with Gasteiger partial charge in [-0.2, -0.15) is 17.5 Å². The van der Waals surface area contributed by atoms with Crippen molar-refractivity contribution in [2.75, 3.05) is 13.2 Å². The number of nitro groups is 1. The van der Waals surface area contributed by atoms with Crippen molar-refractivity contribution in [3.05, 3.63) is 69.3 Å². The van der Waals surface area contributed by atoms with E-state index in [0.29, 0.717) is 5.56 Å². The van der Waals surface area contributed by atoms with Crippen LogP contribution >= 0.6 is 0 Å². The molecule has 11 heteroatoms. The number of nitrogens with zero attached hydrogens (tertiary/aromatic N) is 2. The Morgan fingerprint density at radius 3 is 2.47 bits per heavy atom. The van der Waals surface area contributed by atoms with E-state index in [4.69, 9.17) is 4.74 Å². The third-order valence-corrected chi connectivity index (χ3v) is 7.05. The van der Waals surface area contributed by atoms with Crippen molar-refractivity contribution in [2.24, 2.45) is 0 Å². The van der Waals surface area contributed by atoms with Crippen LogP contribution in [0.15, 0.2) is 47.4 Å². The van der Waals surface area contributed by atoms with Crippen LogP contribution in [0.3, 0.4) is 0 Å². The zero-order valence-electron chi connectivity index (χ0n) is 16.1. The maximum Gasteiger partial charge on any atom is 0.416 e. The van der Waals surface area contributed by atoms with Crippen molar-refractivity contribution in [1.29, 1.82) is 0 Å². The summed E-state index contributed by atoms with van der Waals surface area (Å²) in [6.07, 6.45) is -5.21. The van der Waals surface area contributed by atoms with Gasteiger partial charge in [-0.25, -0.2) is 8.42 Å².